The number of pyridine rings is 1. The predicted molar refractivity (Wildman–Crippen MR) is 154 cm³/mol. The highest BCUT2D eigenvalue weighted by Gasteiger charge is 2.51. The number of nitrogens with one attached hydrogen (secondary N) is 1. The minimum atomic E-state index is -4.49. The lowest BCUT2D eigenvalue weighted by Gasteiger charge is -2.38. The summed E-state index contributed by atoms with van der Waals surface area (Å²) in [4.78, 5) is 28.1. The van der Waals surface area contributed by atoms with E-state index in [1.807, 2.05) is 41.3 Å². The third-order valence-corrected chi connectivity index (χ3v) is 9.02. The fraction of sp³-hybridized carbons (Fsp3) is 0.448. The topological polar surface area (TPSA) is 82.9 Å². The number of amides is 1. The van der Waals surface area contributed by atoms with Crippen molar-refractivity contribution >= 4 is 40.1 Å². The van der Waals surface area contributed by atoms with Crippen molar-refractivity contribution in [2.45, 2.75) is 49.3 Å². The summed E-state index contributed by atoms with van der Waals surface area (Å²) in [6.45, 7) is 4.32. The lowest BCUT2D eigenvalue weighted by molar-refractivity contribution is -0.162. The number of H-pyrrole nitrogens is 1. The first-order valence-electron chi connectivity index (χ1n) is 13.9. The van der Waals surface area contributed by atoms with E-state index in [0.29, 0.717) is 26.1 Å². The number of carbonyl (C=O) groups excluding carboxylic acids is 1. The molecule has 2 aliphatic rings. The molecule has 2 atom stereocenters. The van der Waals surface area contributed by atoms with Crippen molar-refractivity contribution in [1.29, 1.82) is 0 Å². The van der Waals surface area contributed by atoms with Crippen LogP contribution in [0.1, 0.15) is 42.9 Å². The first kappa shape index (κ1) is 28.9. The van der Waals surface area contributed by atoms with Crippen molar-refractivity contribution in [2.24, 2.45) is 5.92 Å². The Hall–Kier alpha value is -3.15. The van der Waals surface area contributed by atoms with E-state index in [1.54, 1.807) is 6.20 Å². The van der Waals surface area contributed by atoms with Crippen molar-refractivity contribution in [1.82, 2.24) is 34.5 Å². The molecule has 0 spiro atoms. The van der Waals surface area contributed by atoms with Crippen molar-refractivity contribution in [3.63, 3.8) is 0 Å². The van der Waals surface area contributed by atoms with Gasteiger partial charge in [-0.05, 0) is 48.7 Å². The van der Waals surface area contributed by atoms with Gasteiger partial charge < -0.3 is 9.88 Å². The van der Waals surface area contributed by atoms with E-state index < -0.39 is 22.8 Å². The molecule has 0 bridgehead atoms. The molecule has 6 rings (SSSR count). The maximum atomic E-state index is 12.6. The van der Waals surface area contributed by atoms with Gasteiger partial charge >= 0.3 is 6.18 Å². The number of aromatic nitrogens is 5. The molecular weight excluding hydrogens is 590 g/mol. The number of fused-ring (bicyclic) bond motifs is 1. The van der Waals surface area contributed by atoms with Gasteiger partial charge in [0.15, 0.2) is 0 Å². The number of halogens is 5. The molecule has 1 unspecified atom stereocenters. The average Bonchev–Trinajstić information content (AvgIpc) is 3.27. The number of piperazine rings is 1. The zero-order valence-electron chi connectivity index (χ0n) is 22.9. The minimum Gasteiger partial charge on any atom is -0.342 e. The fourth-order valence-electron chi connectivity index (χ4n) is 5.51. The molecular formula is C29H30Cl2F3N7O. The van der Waals surface area contributed by atoms with Crippen LogP contribution in [0.25, 0.3) is 22.2 Å². The Morgan fingerprint density at radius 1 is 1.14 bits per heavy atom. The van der Waals surface area contributed by atoms with Gasteiger partial charge in [-0.3, -0.25) is 19.4 Å². The Bertz CT molecular complexity index is 1590. The summed E-state index contributed by atoms with van der Waals surface area (Å²) < 4.78 is 39.1. The van der Waals surface area contributed by atoms with Crippen molar-refractivity contribution in [3.05, 3.63) is 66.0 Å². The van der Waals surface area contributed by atoms with E-state index in [-0.39, 0.29) is 25.0 Å². The smallest absolute Gasteiger partial charge is 0.342 e. The van der Waals surface area contributed by atoms with Crippen LogP contribution < -0.4 is 0 Å². The van der Waals surface area contributed by atoms with E-state index in [0.717, 1.165) is 45.7 Å². The second kappa shape index (κ2) is 11.2. The normalized spacial score (nSPS) is 19.8. The van der Waals surface area contributed by atoms with E-state index in [2.05, 4.69) is 33.0 Å². The largest absolute Gasteiger partial charge is 0.397 e. The summed E-state index contributed by atoms with van der Waals surface area (Å²) in [7, 11) is 0. The van der Waals surface area contributed by atoms with Gasteiger partial charge in [0.1, 0.15) is 16.6 Å². The van der Waals surface area contributed by atoms with Crippen LogP contribution >= 0.6 is 23.2 Å². The number of alkyl halides is 5. The van der Waals surface area contributed by atoms with Crippen LogP contribution in [0.2, 0.25) is 0 Å². The highest BCUT2D eigenvalue weighted by Crippen LogP contribution is 2.53. The highest BCUT2D eigenvalue weighted by molar-refractivity contribution is 6.50. The number of benzene rings is 1. The zero-order chi connectivity index (χ0) is 29.6. The lowest BCUT2D eigenvalue weighted by atomic mass is 10.1. The average molecular weight is 621 g/mol. The third-order valence-electron chi connectivity index (χ3n) is 8.10. The Balaban J connectivity index is 1.09. The first-order valence-corrected chi connectivity index (χ1v) is 14.6. The van der Waals surface area contributed by atoms with Crippen molar-refractivity contribution < 1.29 is 18.0 Å². The molecule has 0 radical (unpaired) electrons. The molecule has 4 heterocycles. The third kappa shape index (κ3) is 6.58. The monoisotopic (exact) mass is 619 g/mol. The van der Waals surface area contributed by atoms with E-state index in [9.17, 15) is 18.0 Å². The van der Waals surface area contributed by atoms with Gasteiger partial charge in [-0.25, -0.2) is 4.98 Å². The number of hydrogen-bond donors (Lipinski definition) is 1. The van der Waals surface area contributed by atoms with Crippen molar-refractivity contribution in [3.8, 4) is 11.1 Å². The maximum Gasteiger partial charge on any atom is 0.397 e. The molecule has 1 N–H and O–H groups in total. The number of imidazole rings is 1. The summed E-state index contributed by atoms with van der Waals surface area (Å²) >= 11 is 12.3. The SMILES string of the molecule is CC(c1ccnc(Cc2nc3ccc(-c4cnn(C[C@@H]5CC5(Cl)Cl)c4)cc3[nH]2)c1)N1CCN(C(=O)CC(F)(F)F)CC1. The molecule has 1 aromatic carbocycles. The van der Waals surface area contributed by atoms with Crippen LogP contribution in [0.4, 0.5) is 13.2 Å². The molecule has 42 heavy (non-hydrogen) atoms. The standard InChI is InChI=1S/C29H30Cl2F3N7O/c1-18(39-6-8-40(9-7-39)27(42)14-29(32,33)34)19-4-5-35-23(10-19)12-26-37-24-3-2-20(11-25(24)38-26)21-15-36-41(16-21)17-22-13-28(22,30)31/h2-5,10-11,15-16,18,22H,6-9,12-14,17H2,1H3,(H,37,38)/t18?,22-/m0/s1. The zero-order valence-corrected chi connectivity index (χ0v) is 24.4. The Labute approximate surface area is 250 Å². The number of aromatic amines is 1. The Morgan fingerprint density at radius 2 is 1.90 bits per heavy atom. The maximum absolute atomic E-state index is 12.6. The quantitative estimate of drug-likeness (QED) is 0.253. The number of nitrogens with zero attached hydrogens (tertiary/aromatic N) is 6. The number of rotatable bonds is 8. The molecule has 1 aliphatic carbocycles. The summed E-state index contributed by atoms with van der Waals surface area (Å²) in [6, 6.07) is 10.1. The van der Waals surface area contributed by atoms with E-state index in [1.165, 1.54) is 4.90 Å². The van der Waals surface area contributed by atoms with Gasteiger partial charge in [0.05, 0.1) is 17.2 Å². The van der Waals surface area contributed by atoms with Crippen LogP contribution in [0, 0.1) is 5.92 Å². The second-order valence-electron chi connectivity index (χ2n) is 11.2. The van der Waals surface area contributed by atoms with Crippen LogP contribution in [-0.4, -0.2) is 77.1 Å². The predicted octanol–water partition coefficient (Wildman–Crippen LogP) is 5.76. The summed E-state index contributed by atoms with van der Waals surface area (Å²) in [6.07, 6.45) is 0.999. The van der Waals surface area contributed by atoms with Gasteiger partial charge in [0.25, 0.3) is 0 Å². The van der Waals surface area contributed by atoms with Crippen LogP contribution in [0.3, 0.4) is 0 Å². The minimum absolute atomic E-state index is 0.0240. The molecule has 8 nitrogen and oxygen atoms in total. The molecule has 4 aromatic rings. The second-order valence-corrected chi connectivity index (χ2v) is 12.7. The molecule has 1 amide bonds. The highest BCUT2D eigenvalue weighted by atomic mass is 35.5. The lowest BCUT2D eigenvalue weighted by Crippen LogP contribution is -2.50. The van der Waals surface area contributed by atoms with Gasteiger partial charge in [-0.15, -0.1) is 23.2 Å². The van der Waals surface area contributed by atoms with Gasteiger partial charge in [0, 0.05) is 74.8 Å². The summed E-state index contributed by atoms with van der Waals surface area (Å²) in [5.41, 5.74) is 5.70. The van der Waals surface area contributed by atoms with E-state index in [4.69, 9.17) is 28.2 Å². The molecule has 1 saturated heterocycles. The van der Waals surface area contributed by atoms with Crippen molar-refractivity contribution in [2.75, 3.05) is 26.2 Å². The van der Waals surface area contributed by atoms with Crippen LogP contribution in [-0.2, 0) is 17.8 Å². The van der Waals surface area contributed by atoms with Gasteiger partial charge in [0.2, 0.25) is 5.91 Å². The number of hydrogen-bond acceptors (Lipinski definition) is 5. The molecule has 222 valence electrons. The molecule has 1 aliphatic heterocycles. The molecule has 3 aromatic heterocycles. The van der Waals surface area contributed by atoms with E-state index >= 15 is 0 Å². The van der Waals surface area contributed by atoms with Crippen LogP contribution in [0.15, 0.2) is 48.9 Å². The van der Waals surface area contributed by atoms with Gasteiger partial charge in [-0.1, -0.05) is 6.07 Å². The molecule has 1 saturated carbocycles. The molecule has 13 heteroatoms. The number of carbonyl (C=O) groups is 1. The van der Waals surface area contributed by atoms with Crippen LogP contribution in [0.5, 0.6) is 0 Å². The fourth-order valence-corrected chi connectivity index (χ4v) is 6.02. The Kier molecular flexibility index (Phi) is 7.69. The first-order chi connectivity index (χ1) is 19.9. The van der Waals surface area contributed by atoms with Gasteiger partial charge in [-0.2, -0.15) is 18.3 Å². The summed E-state index contributed by atoms with van der Waals surface area (Å²) in [5, 5.41) is 4.46. The Morgan fingerprint density at radius 3 is 2.62 bits per heavy atom. The molecule has 2 fully saturated rings. The summed E-state index contributed by atoms with van der Waals surface area (Å²) in [5.74, 6) is 0.146.